The van der Waals surface area contributed by atoms with Crippen LogP contribution in [0, 0.1) is 6.92 Å². The van der Waals surface area contributed by atoms with Gasteiger partial charge in [0.25, 0.3) is 11.8 Å². The summed E-state index contributed by atoms with van der Waals surface area (Å²) in [5.41, 5.74) is 4.02. The van der Waals surface area contributed by atoms with Crippen LogP contribution in [-0.4, -0.2) is 58.0 Å². The first-order valence-electron chi connectivity index (χ1n) is 12.3. The molecule has 2 aromatic heterocycles. The number of nitrogens with one attached hydrogen (secondary N) is 1. The van der Waals surface area contributed by atoms with Crippen molar-refractivity contribution in [1.82, 2.24) is 24.8 Å². The van der Waals surface area contributed by atoms with Gasteiger partial charge in [-0.25, -0.2) is 9.97 Å². The van der Waals surface area contributed by atoms with Crippen LogP contribution < -0.4 is 10.1 Å². The van der Waals surface area contributed by atoms with Crippen molar-refractivity contribution in [3.8, 4) is 5.88 Å². The van der Waals surface area contributed by atoms with E-state index in [0.717, 1.165) is 16.6 Å². The molecule has 8 heteroatoms. The highest BCUT2D eigenvalue weighted by molar-refractivity contribution is 5.95. The number of amides is 2. The molecule has 1 N–H and O–H groups in total. The highest BCUT2D eigenvalue weighted by Gasteiger charge is 2.28. The van der Waals surface area contributed by atoms with Crippen LogP contribution in [0.15, 0.2) is 66.7 Å². The van der Waals surface area contributed by atoms with Gasteiger partial charge in [-0.15, -0.1) is 0 Å². The molecule has 2 atom stereocenters. The number of carbonyl (C=O) groups excluding carboxylic acids is 2. The summed E-state index contributed by atoms with van der Waals surface area (Å²) < 4.78 is 7.07. The number of carbonyl (C=O) groups is 2. The summed E-state index contributed by atoms with van der Waals surface area (Å²) in [4.78, 5) is 37.1. The molecule has 0 fully saturated rings. The van der Waals surface area contributed by atoms with Gasteiger partial charge in [-0.05, 0) is 37.1 Å². The van der Waals surface area contributed by atoms with Crippen LogP contribution >= 0.6 is 0 Å². The molecule has 37 heavy (non-hydrogen) atoms. The number of benzene rings is 2. The van der Waals surface area contributed by atoms with E-state index in [1.165, 1.54) is 7.11 Å². The van der Waals surface area contributed by atoms with Crippen LogP contribution in [-0.2, 0) is 7.05 Å². The van der Waals surface area contributed by atoms with E-state index in [1.54, 1.807) is 21.6 Å². The molecule has 0 saturated carbocycles. The quantitative estimate of drug-likeness (QED) is 0.370. The van der Waals surface area contributed by atoms with Crippen LogP contribution in [0.4, 0.5) is 0 Å². The molecule has 4 aromatic rings. The fraction of sp³-hybridized carbons (Fsp3) is 0.310. The number of aromatic nitrogens is 3. The Morgan fingerprint density at radius 1 is 1.05 bits per heavy atom. The van der Waals surface area contributed by atoms with Gasteiger partial charge in [0.15, 0.2) is 5.82 Å². The highest BCUT2D eigenvalue weighted by Crippen LogP contribution is 2.26. The van der Waals surface area contributed by atoms with Crippen molar-refractivity contribution < 1.29 is 14.3 Å². The highest BCUT2D eigenvalue weighted by atomic mass is 16.5. The lowest BCUT2D eigenvalue weighted by Gasteiger charge is -2.33. The predicted molar refractivity (Wildman–Crippen MR) is 144 cm³/mol. The average molecular weight is 500 g/mol. The van der Waals surface area contributed by atoms with Crippen molar-refractivity contribution in [2.75, 3.05) is 20.7 Å². The summed E-state index contributed by atoms with van der Waals surface area (Å²) in [7, 11) is 5.18. The maximum atomic E-state index is 13.5. The lowest BCUT2D eigenvalue weighted by Crippen LogP contribution is -2.42. The number of aryl methyl sites for hydroxylation is 2. The van der Waals surface area contributed by atoms with Gasteiger partial charge in [-0.1, -0.05) is 49.4 Å². The Labute approximate surface area is 217 Å². The van der Waals surface area contributed by atoms with Gasteiger partial charge in [-0.2, -0.15) is 0 Å². The van der Waals surface area contributed by atoms with Gasteiger partial charge < -0.3 is 19.5 Å². The SMILES string of the molecule is COc1cc(C(=O)N(C)C(CCNC(=O)c2nc3ccccc3n2C)C(C)c2ccccc2)cc(C)n1. The van der Waals surface area contributed by atoms with Crippen molar-refractivity contribution in [3.63, 3.8) is 0 Å². The summed E-state index contributed by atoms with van der Waals surface area (Å²) in [5.74, 6) is 0.427. The fourth-order valence-corrected chi connectivity index (χ4v) is 4.74. The minimum Gasteiger partial charge on any atom is -0.481 e. The predicted octanol–water partition coefficient (Wildman–Crippen LogP) is 4.35. The summed E-state index contributed by atoms with van der Waals surface area (Å²) >= 11 is 0. The maximum Gasteiger partial charge on any atom is 0.287 e. The van der Waals surface area contributed by atoms with Gasteiger partial charge in [0.05, 0.1) is 18.1 Å². The molecule has 0 saturated heterocycles. The second-order valence-electron chi connectivity index (χ2n) is 9.25. The molecule has 0 aliphatic heterocycles. The van der Waals surface area contributed by atoms with E-state index in [1.807, 2.05) is 63.5 Å². The molecule has 0 aliphatic rings. The van der Waals surface area contributed by atoms with E-state index in [4.69, 9.17) is 4.74 Å². The van der Waals surface area contributed by atoms with Crippen LogP contribution in [0.5, 0.6) is 5.88 Å². The molecule has 2 unspecified atom stereocenters. The lowest BCUT2D eigenvalue weighted by molar-refractivity contribution is 0.0701. The minimum atomic E-state index is -0.242. The number of hydrogen-bond acceptors (Lipinski definition) is 5. The molecular weight excluding hydrogens is 466 g/mol. The van der Waals surface area contributed by atoms with Crippen molar-refractivity contribution >= 4 is 22.8 Å². The van der Waals surface area contributed by atoms with E-state index in [9.17, 15) is 9.59 Å². The Bertz CT molecular complexity index is 1400. The zero-order chi connectivity index (χ0) is 26.5. The summed E-state index contributed by atoms with van der Waals surface area (Å²) in [6, 6.07) is 21.0. The van der Waals surface area contributed by atoms with Crippen molar-refractivity contribution in [3.05, 3.63) is 89.4 Å². The van der Waals surface area contributed by atoms with Crippen LogP contribution in [0.25, 0.3) is 11.0 Å². The third-order valence-corrected chi connectivity index (χ3v) is 6.82. The number of para-hydroxylation sites is 2. The third kappa shape index (κ3) is 5.63. The van der Waals surface area contributed by atoms with Gasteiger partial charge in [-0.3, -0.25) is 9.59 Å². The first-order chi connectivity index (χ1) is 17.8. The fourth-order valence-electron chi connectivity index (χ4n) is 4.74. The number of methoxy groups -OCH3 is 1. The molecule has 0 bridgehead atoms. The second-order valence-corrected chi connectivity index (χ2v) is 9.25. The molecule has 0 radical (unpaired) electrons. The third-order valence-electron chi connectivity index (χ3n) is 6.82. The number of likely N-dealkylation sites (N-methyl/N-ethyl adjacent to an activating group) is 1. The summed E-state index contributed by atoms with van der Waals surface area (Å²) in [6.45, 7) is 4.33. The normalized spacial score (nSPS) is 12.7. The Kier molecular flexibility index (Phi) is 7.86. The van der Waals surface area contributed by atoms with Crippen molar-refractivity contribution in [2.45, 2.75) is 32.2 Å². The first-order valence-corrected chi connectivity index (χ1v) is 12.3. The van der Waals surface area contributed by atoms with E-state index in [-0.39, 0.29) is 23.8 Å². The van der Waals surface area contributed by atoms with Gasteiger partial charge in [0.1, 0.15) is 0 Å². The summed E-state index contributed by atoms with van der Waals surface area (Å²) in [5, 5.41) is 3.01. The molecule has 2 aromatic carbocycles. The molecule has 192 valence electrons. The van der Waals surface area contributed by atoms with E-state index < -0.39 is 0 Å². The topological polar surface area (TPSA) is 89.4 Å². The van der Waals surface area contributed by atoms with Gasteiger partial charge in [0, 0.05) is 49.9 Å². The molecule has 0 aliphatic carbocycles. The smallest absolute Gasteiger partial charge is 0.287 e. The Balaban J connectivity index is 1.53. The molecule has 0 spiro atoms. The van der Waals surface area contributed by atoms with Crippen LogP contribution in [0.1, 0.15) is 51.5 Å². The average Bonchev–Trinajstić information content (AvgIpc) is 3.26. The zero-order valence-electron chi connectivity index (χ0n) is 21.9. The number of imidazole rings is 1. The number of rotatable bonds is 9. The molecule has 4 rings (SSSR count). The van der Waals surface area contributed by atoms with Crippen LogP contribution in [0.3, 0.4) is 0 Å². The van der Waals surface area contributed by atoms with E-state index >= 15 is 0 Å². The first kappa shape index (κ1) is 25.9. The van der Waals surface area contributed by atoms with E-state index in [0.29, 0.717) is 35.9 Å². The van der Waals surface area contributed by atoms with Crippen molar-refractivity contribution in [1.29, 1.82) is 0 Å². The standard InChI is InChI=1S/C29H33N5O3/c1-19-17-22(18-26(31-19)37-5)29(36)34(4)24(20(2)21-11-7-6-8-12-21)15-16-30-28(35)27-32-23-13-9-10-14-25(23)33(27)3/h6-14,17-18,20,24H,15-16H2,1-5H3,(H,30,35). The molecule has 2 heterocycles. The number of pyridine rings is 1. The lowest BCUT2D eigenvalue weighted by atomic mass is 9.90. The molecular formula is C29H33N5O3. The van der Waals surface area contributed by atoms with E-state index in [2.05, 4.69) is 34.3 Å². The Hall–Kier alpha value is -4.20. The Morgan fingerprint density at radius 2 is 1.76 bits per heavy atom. The van der Waals surface area contributed by atoms with Crippen molar-refractivity contribution in [2.24, 2.45) is 7.05 Å². The minimum absolute atomic E-state index is 0.0348. The number of ether oxygens (including phenoxy) is 1. The monoisotopic (exact) mass is 499 g/mol. The number of hydrogen-bond donors (Lipinski definition) is 1. The molecule has 2 amide bonds. The Morgan fingerprint density at radius 3 is 2.46 bits per heavy atom. The number of fused-ring (bicyclic) bond motifs is 1. The zero-order valence-corrected chi connectivity index (χ0v) is 21.9. The van der Waals surface area contributed by atoms with Gasteiger partial charge >= 0.3 is 0 Å². The number of nitrogens with zero attached hydrogens (tertiary/aromatic N) is 4. The molecule has 8 nitrogen and oxygen atoms in total. The largest absolute Gasteiger partial charge is 0.481 e. The van der Waals surface area contributed by atoms with Gasteiger partial charge in [0.2, 0.25) is 5.88 Å². The summed E-state index contributed by atoms with van der Waals surface area (Å²) in [6.07, 6.45) is 0.565. The second kappa shape index (κ2) is 11.2. The van der Waals surface area contributed by atoms with Crippen LogP contribution in [0.2, 0.25) is 0 Å². The maximum absolute atomic E-state index is 13.5.